The van der Waals surface area contributed by atoms with Gasteiger partial charge in [-0.05, 0) is 24.3 Å². The molecule has 0 saturated carbocycles. The first kappa shape index (κ1) is 11.4. The molecule has 0 atom stereocenters. The molecule has 0 unspecified atom stereocenters. The number of benzene rings is 1. The van der Waals surface area contributed by atoms with Gasteiger partial charge in [0.1, 0.15) is 0 Å². The van der Waals surface area contributed by atoms with E-state index >= 15 is 0 Å². The minimum absolute atomic E-state index is 0.273. The van der Waals surface area contributed by atoms with Gasteiger partial charge in [0.25, 0.3) is 15.7 Å². The average molecular weight is 256 g/mol. The Morgan fingerprint density at radius 3 is 2.18 bits per heavy atom. The molecule has 0 aliphatic heterocycles. The molecule has 0 spiro atoms. The van der Waals surface area contributed by atoms with Crippen LogP contribution in [-0.4, -0.2) is 27.9 Å². The lowest BCUT2D eigenvalue weighted by atomic mass is 10.3. The van der Waals surface area contributed by atoms with Crippen LogP contribution in [0.25, 0.3) is 5.69 Å². The molecule has 0 radical (unpaired) electrons. The first-order valence-electron chi connectivity index (χ1n) is 4.47. The molecule has 0 amide bonds. The van der Waals surface area contributed by atoms with Crippen LogP contribution in [0.15, 0.2) is 40.0 Å². The lowest BCUT2D eigenvalue weighted by Gasteiger charge is -2.02. The molecule has 1 aromatic carbocycles. The van der Waals surface area contributed by atoms with Crippen LogP contribution in [0, 0.1) is 0 Å². The van der Waals surface area contributed by atoms with E-state index < -0.39 is 15.7 Å². The van der Waals surface area contributed by atoms with Crippen LogP contribution in [0.3, 0.4) is 0 Å². The van der Waals surface area contributed by atoms with Crippen LogP contribution in [-0.2, 0) is 10.1 Å². The zero-order chi connectivity index (χ0) is 12.6. The monoisotopic (exact) mass is 256 g/mol. The van der Waals surface area contributed by atoms with Gasteiger partial charge in [-0.2, -0.15) is 8.42 Å². The molecule has 2 rings (SSSR count). The highest BCUT2D eigenvalue weighted by Crippen LogP contribution is 2.12. The minimum Gasteiger partial charge on any atom is -0.494 e. The smallest absolute Gasteiger partial charge is 0.294 e. The number of rotatable bonds is 2. The maximum Gasteiger partial charge on any atom is 0.294 e. The second kappa shape index (κ2) is 3.75. The molecule has 17 heavy (non-hydrogen) atoms. The molecule has 2 aromatic rings. The standard InChI is InChI=1S/C9H8N2O5S/c12-8-5-9(13)11(10-8)6-1-3-7(4-2-6)17(14,15)16/h1-5,10,12H,(H,14,15,16). The van der Waals surface area contributed by atoms with Gasteiger partial charge in [0.2, 0.25) is 5.88 Å². The van der Waals surface area contributed by atoms with E-state index in [2.05, 4.69) is 5.10 Å². The normalized spacial score (nSPS) is 11.6. The van der Waals surface area contributed by atoms with Crippen molar-refractivity contribution in [1.29, 1.82) is 0 Å². The van der Waals surface area contributed by atoms with Crippen molar-refractivity contribution < 1.29 is 18.1 Å². The first-order chi connectivity index (χ1) is 7.88. The summed E-state index contributed by atoms with van der Waals surface area (Å²) >= 11 is 0. The van der Waals surface area contributed by atoms with Gasteiger partial charge in [-0.1, -0.05) is 0 Å². The van der Waals surface area contributed by atoms with Crippen molar-refractivity contribution in [2.45, 2.75) is 4.90 Å². The quantitative estimate of drug-likeness (QED) is 0.660. The third-order valence-electron chi connectivity index (χ3n) is 2.10. The number of aromatic hydroxyl groups is 1. The number of aromatic amines is 1. The predicted octanol–water partition coefficient (Wildman–Crippen LogP) is 0.118. The molecule has 0 fully saturated rings. The fourth-order valence-corrected chi connectivity index (χ4v) is 1.82. The lowest BCUT2D eigenvalue weighted by Crippen LogP contribution is -2.13. The molecule has 0 aliphatic rings. The summed E-state index contributed by atoms with van der Waals surface area (Å²) in [7, 11) is -4.25. The van der Waals surface area contributed by atoms with E-state index in [1.807, 2.05) is 0 Å². The summed E-state index contributed by atoms with van der Waals surface area (Å²) in [5, 5.41) is 11.4. The lowest BCUT2D eigenvalue weighted by molar-refractivity contribution is 0.447. The Labute approximate surface area is 95.7 Å². The van der Waals surface area contributed by atoms with Gasteiger partial charge < -0.3 is 5.11 Å². The summed E-state index contributed by atoms with van der Waals surface area (Å²) in [6.07, 6.45) is 0. The van der Waals surface area contributed by atoms with Crippen molar-refractivity contribution in [3.05, 3.63) is 40.7 Å². The SMILES string of the molecule is O=c1cc(O)[nH]n1-c1ccc(S(=O)(=O)O)cc1. The molecule has 8 heteroatoms. The van der Waals surface area contributed by atoms with Gasteiger partial charge >= 0.3 is 0 Å². The summed E-state index contributed by atoms with van der Waals surface area (Å²) < 4.78 is 31.4. The van der Waals surface area contributed by atoms with Gasteiger partial charge in [-0.15, -0.1) is 0 Å². The van der Waals surface area contributed by atoms with E-state index in [0.29, 0.717) is 5.69 Å². The number of hydrogen-bond donors (Lipinski definition) is 3. The molecule has 7 nitrogen and oxygen atoms in total. The fourth-order valence-electron chi connectivity index (χ4n) is 1.34. The zero-order valence-electron chi connectivity index (χ0n) is 8.36. The second-order valence-corrected chi connectivity index (χ2v) is 4.71. The van der Waals surface area contributed by atoms with Gasteiger partial charge in [0.15, 0.2) is 0 Å². The Hall–Kier alpha value is -2.06. The van der Waals surface area contributed by atoms with E-state index in [1.165, 1.54) is 12.1 Å². The van der Waals surface area contributed by atoms with E-state index in [0.717, 1.165) is 22.9 Å². The van der Waals surface area contributed by atoms with Gasteiger partial charge in [-0.3, -0.25) is 14.4 Å². The Morgan fingerprint density at radius 1 is 1.18 bits per heavy atom. The average Bonchev–Trinajstić information content (AvgIpc) is 2.57. The Morgan fingerprint density at radius 2 is 1.76 bits per heavy atom. The molecule has 0 aliphatic carbocycles. The number of nitrogens with one attached hydrogen (secondary N) is 1. The maximum atomic E-state index is 11.3. The summed E-state index contributed by atoms with van der Waals surface area (Å²) in [6, 6.07) is 5.92. The van der Waals surface area contributed by atoms with Crippen LogP contribution < -0.4 is 5.56 Å². The van der Waals surface area contributed by atoms with E-state index in [-0.39, 0.29) is 10.8 Å². The van der Waals surface area contributed by atoms with Crippen LogP contribution >= 0.6 is 0 Å². The largest absolute Gasteiger partial charge is 0.494 e. The van der Waals surface area contributed by atoms with Crippen molar-refractivity contribution in [2.75, 3.05) is 0 Å². The third kappa shape index (κ3) is 2.22. The van der Waals surface area contributed by atoms with E-state index in [9.17, 15) is 13.2 Å². The first-order valence-corrected chi connectivity index (χ1v) is 5.91. The van der Waals surface area contributed by atoms with Gasteiger partial charge in [0, 0.05) is 0 Å². The van der Waals surface area contributed by atoms with Crippen LogP contribution in [0.4, 0.5) is 0 Å². The number of aromatic nitrogens is 2. The second-order valence-electron chi connectivity index (χ2n) is 3.28. The van der Waals surface area contributed by atoms with E-state index in [1.54, 1.807) is 0 Å². The minimum atomic E-state index is -4.25. The molecule has 90 valence electrons. The Balaban J connectivity index is 2.50. The number of nitrogens with zero attached hydrogens (tertiary/aromatic N) is 1. The molecule has 1 aromatic heterocycles. The van der Waals surface area contributed by atoms with Crippen LogP contribution in [0.5, 0.6) is 5.88 Å². The summed E-state index contributed by atoms with van der Waals surface area (Å²) in [5.41, 5.74) is -0.148. The highest BCUT2D eigenvalue weighted by Gasteiger charge is 2.10. The number of hydrogen-bond acceptors (Lipinski definition) is 4. The Kier molecular flexibility index (Phi) is 2.52. The van der Waals surface area contributed by atoms with Gasteiger partial charge in [-0.25, -0.2) is 4.68 Å². The van der Waals surface area contributed by atoms with E-state index in [4.69, 9.17) is 9.66 Å². The molecule has 3 N–H and O–H groups in total. The highest BCUT2D eigenvalue weighted by molar-refractivity contribution is 7.85. The molecule has 0 bridgehead atoms. The summed E-state index contributed by atoms with van der Waals surface area (Å²) in [5.74, 6) is -0.297. The number of H-pyrrole nitrogens is 1. The van der Waals surface area contributed by atoms with Crippen molar-refractivity contribution in [3.8, 4) is 11.6 Å². The predicted molar refractivity (Wildman–Crippen MR) is 57.9 cm³/mol. The molecular weight excluding hydrogens is 248 g/mol. The third-order valence-corrected chi connectivity index (χ3v) is 2.97. The van der Waals surface area contributed by atoms with Crippen LogP contribution in [0.1, 0.15) is 0 Å². The topological polar surface area (TPSA) is 112 Å². The molecule has 1 heterocycles. The summed E-state index contributed by atoms with van der Waals surface area (Å²) in [6.45, 7) is 0. The maximum absolute atomic E-state index is 11.3. The molecular formula is C9H8N2O5S. The van der Waals surface area contributed by atoms with Crippen molar-refractivity contribution in [1.82, 2.24) is 9.78 Å². The Bertz CT molecular complexity index is 696. The summed E-state index contributed by atoms with van der Waals surface area (Å²) in [4.78, 5) is 11.1. The molecule has 0 saturated heterocycles. The van der Waals surface area contributed by atoms with Crippen LogP contribution in [0.2, 0.25) is 0 Å². The van der Waals surface area contributed by atoms with Crippen molar-refractivity contribution in [3.63, 3.8) is 0 Å². The van der Waals surface area contributed by atoms with Crippen molar-refractivity contribution >= 4 is 10.1 Å². The zero-order valence-corrected chi connectivity index (χ0v) is 9.18. The fraction of sp³-hybridized carbons (Fsp3) is 0. The van der Waals surface area contributed by atoms with Gasteiger partial charge in [0.05, 0.1) is 16.6 Å². The highest BCUT2D eigenvalue weighted by atomic mass is 32.2. The van der Waals surface area contributed by atoms with Crippen molar-refractivity contribution in [2.24, 2.45) is 0 Å².